The zero-order valence-electron chi connectivity index (χ0n) is 14.0. The molecule has 2 aromatic rings. The van der Waals surface area contributed by atoms with E-state index in [1.165, 1.54) is 15.9 Å². The molecular formula is C16H22N4O3S. The average Bonchev–Trinajstić information content (AvgIpc) is 2.99. The van der Waals surface area contributed by atoms with Gasteiger partial charge in [-0.15, -0.1) is 0 Å². The Hall–Kier alpha value is -1.80. The standard InChI is InChI=1S/C16H22N4O3S/c1-3-13-18-20-14(21)8-12(17-16(20)24-13)10-19-7-5-6-11(9-19)15(22)23-4-2/h8,11H,3-7,9-10H2,1-2H3. The van der Waals surface area contributed by atoms with E-state index in [4.69, 9.17) is 4.74 Å². The van der Waals surface area contributed by atoms with Gasteiger partial charge in [-0.25, -0.2) is 4.98 Å². The third-order valence-electron chi connectivity index (χ3n) is 4.15. The van der Waals surface area contributed by atoms with Gasteiger partial charge in [-0.1, -0.05) is 18.3 Å². The van der Waals surface area contributed by atoms with Crippen LogP contribution >= 0.6 is 11.3 Å². The van der Waals surface area contributed by atoms with Gasteiger partial charge in [0.1, 0.15) is 5.01 Å². The zero-order valence-corrected chi connectivity index (χ0v) is 14.8. The molecule has 1 aliphatic rings. The predicted octanol–water partition coefficient (Wildman–Crippen LogP) is 1.49. The van der Waals surface area contributed by atoms with Crippen molar-refractivity contribution in [3.8, 4) is 0 Å². The lowest BCUT2D eigenvalue weighted by atomic mass is 9.98. The average molecular weight is 350 g/mol. The summed E-state index contributed by atoms with van der Waals surface area (Å²) in [5.74, 6) is -0.209. The number of rotatable bonds is 5. The minimum absolute atomic E-state index is 0.0846. The van der Waals surface area contributed by atoms with E-state index >= 15 is 0 Å². The van der Waals surface area contributed by atoms with E-state index in [1.54, 1.807) is 6.07 Å². The minimum Gasteiger partial charge on any atom is -0.466 e. The molecule has 0 amide bonds. The number of hydrogen-bond donors (Lipinski definition) is 0. The van der Waals surface area contributed by atoms with E-state index in [1.807, 2.05) is 13.8 Å². The Kier molecular flexibility index (Phi) is 5.25. The number of piperidine rings is 1. The fraction of sp³-hybridized carbons (Fsp3) is 0.625. The van der Waals surface area contributed by atoms with E-state index in [0.717, 1.165) is 36.5 Å². The lowest BCUT2D eigenvalue weighted by molar-refractivity contribution is -0.150. The number of ether oxygens (including phenoxy) is 1. The van der Waals surface area contributed by atoms with Crippen molar-refractivity contribution in [1.29, 1.82) is 0 Å². The Labute approximate surface area is 144 Å². The number of likely N-dealkylation sites (tertiary alicyclic amines) is 1. The Morgan fingerprint density at radius 3 is 3.04 bits per heavy atom. The quantitative estimate of drug-likeness (QED) is 0.761. The van der Waals surface area contributed by atoms with Gasteiger partial charge < -0.3 is 4.74 Å². The summed E-state index contributed by atoms with van der Waals surface area (Å²) in [5, 5.41) is 5.16. The first-order valence-electron chi connectivity index (χ1n) is 8.38. The van der Waals surface area contributed by atoms with Crippen LogP contribution in [0.15, 0.2) is 10.9 Å². The molecule has 1 aliphatic heterocycles. The van der Waals surface area contributed by atoms with Crippen molar-refractivity contribution in [1.82, 2.24) is 19.5 Å². The number of hydrogen-bond acceptors (Lipinski definition) is 7. The molecule has 7 nitrogen and oxygen atoms in total. The van der Waals surface area contributed by atoms with E-state index < -0.39 is 0 Å². The lowest BCUT2D eigenvalue weighted by Crippen LogP contribution is -2.39. The summed E-state index contributed by atoms with van der Waals surface area (Å²) in [6.07, 6.45) is 2.60. The fourth-order valence-corrected chi connectivity index (χ4v) is 3.86. The largest absolute Gasteiger partial charge is 0.466 e. The lowest BCUT2D eigenvalue weighted by Gasteiger charge is -2.31. The smallest absolute Gasteiger partial charge is 0.310 e. The molecule has 1 atom stereocenters. The molecular weight excluding hydrogens is 328 g/mol. The molecule has 2 aromatic heterocycles. The molecule has 3 heterocycles. The van der Waals surface area contributed by atoms with Crippen LogP contribution in [0, 0.1) is 5.92 Å². The molecule has 0 radical (unpaired) electrons. The van der Waals surface area contributed by atoms with Gasteiger partial charge in [0.2, 0.25) is 4.96 Å². The van der Waals surface area contributed by atoms with Crippen LogP contribution in [0.2, 0.25) is 0 Å². The highest BCUT2D eigenvalue weighted by Crippen LogP contribution is 2.20. The summed E-state index contributed by atoms with van der Waals surface area (Å²) in [7, 11) is 0. The second-order valence-corrected chi connectivity index (χ2v) is 7.00. The van der Waals surface area contributed by atoms with Gasteiger partial charge in [0.25, 0.3) is 5.56 Å². The van der Waals surface area contributed by atoms with Crippen molar-refractivity contribution in [2.24, 2.45) is 5.92 Å². The first kappa shape index (κ1) is 17.0. The van der Waals surface area contributed by atoms with Crippen molar-refractivity contribution in [3.63, 3.8) is 0 Å². The van der Waals surface area contributed by atoms with Gasteiger partial charge >= 0.3 is 5.97 Å². The maximum absolute atomic E-state index is 12.2. The number of carbonyl (C=O) groups excluding carboxylic acids is 1. The molecule has 0 saturated carbocycles. The molecule has 0 bridgehead atoms. The molecule has 0 N–H and O–H groups in total. The summed E-state index contributed by atoms with van der Waals surface area (Å²) in [6.45, 7) is 6.37. The van der Waals surface area contributed by atoms with Gasteiger partial charge in [0, 0.05) is 19.2 Å². The Balaban J connectivity index is 1.74. The highest BCUT2D eigenvalue weighted by atomic mass is 32.1. The van der Waals surface area contributed by atoms with Crippen LogP contribution in [0.5, 0.6) is 0 Å². The number of nitrogens with zero attached hydrogens (tertiary/aromatic N) is 4. The molecule has 8 heteroatoms. The van der Waals surface area contributed by atoms with Crippen LogP contribution in [0.3, 0.4) is 0 Å². The Bertz CT molecular complexity index is 785. The molecule has 130 valence electrons. The van der Waals surface area contributed by atoms with Gasteiger partial charge in [-0.3, -0.25) is 14.5 Å². The molecule has 3 rings (SSSR count). The third kappa shape index (κ3) is 3.64. The Morgan fingerprint density at radius 1 is 1.46 bits per heavy atom. The maximum atomic E-state index is 12.2. The number of fused-ring (bicyclic) bond motifs is 1. The van der Waals surface area contributed by atoms with E-state index in [9.17, 15) is 9.59 Å². The molecule has 1 fully saturated rings. The molecule has 0 aromatic carbocycles. The van der Waals surface area contributed by atoms with Crippen LogP contribution in [0.1, 0.15) is 37.4 Å². The van der Waals surface area contributed by atoms with Gasteiger partial charge in [0.15, 0.2) is 0 Å². The predicted molar refractivity (Wildman–Crippen MR) is 91.1 cm³/mol. The van der Waals surface area contributed by atoms with Crippen LogP contribution in [-0.2, 0) is 22.5 Å². The van der Waals surface area contributed by atoms with E-state index in [2.05, 4.69) is 15.0 Å². The summed E-state index contributed by atoms with van der Waals surface area (Å²) in [4.78, 5) is 31.5. The SMILES string of the molecule is CCOC(=O)C1CCCN(Cc2cc(=O)n3nc(CC)sc3n2)C1. The van der Waals surface area contributed by atoms with Gasteiger partial charge in [0.05, 0.1) is 18.2 Å². The van der Waals surface area contributed by atoms with Crippen LogP contribution in [0.4, 0.5) is 0 Å². The number of aryl methyl sites for hydroxylation is 1. The van der Waals surface area contributed by atoms with Crippen molar-refractivity contribution < 1.29 is 9.53 Å². The molecule has 0 spiro atoms. The molecule has 1 saturated heterocycles. The molecule has 1 unspecified atom stereocenters. The van der Waals surface area contributed by atoms with Gasteiger partial charge in [-0.2, -0.15) is 9.61 Å². The summed E-state index contributed by atoms with van der Waals surface area (Å²) in [6, 6.07) is 1.54. The number of esters is 1. The molecule has 24 heavy (non-hydrogen) atoms. The highest BCUT2D eigenvalue weighted by molar-refractivity contribution is 7.16. The first-order chi connectivity index (χ1) is 11.6. The number of aromatic nitrogens is 3. The second-order valence-electron chi connectivity index (χ2n) is 5.96. The van der Waals surface area contributed by atoms with E-state index in [-0.39, 0.29) is 17.4 Å². The third-order valence-corrected chi connectivity index (χ3v) is 5.21. The topological polar surface area (TPSA) is 76.8 Å². The maximum Gasteiger partial charge on any atom is 0.310 e. The van der Waals surface area contributed by atoms with Crippen molar-refractivity contribution in [2.75, 3.05) is 19.7 Å². The fourth-order valence-electron chi connectivity index (χ4n) is 3.00. The van der Waals surface area contributed by atoms with E-state index in [0.29, 0.717) is 24.7 Å². The Morgan fingerprint density at radius 2 is 2.29 bits per heavy atom. The van der Waals surface area contributed by atoms with Crippen LogP contribution < -0.4 is 5.56 Å². The zero-order chi connectivity index (χ0) is 17.1. The summed E-state index contributed by atoms with van der Waals surface area (Å²) < 4.78 is 6.50. The van der Waals surface area contributed by atoms with Crippen LogP contribution in [0.25, 0.3) is 4.96 Å². The van der Waals surface area contributed by atoms with Crippen LogP contribution in [-0.4, -0.2) is 45.2 Å². The summed E-state index contributed by atoms with van der Waals surface area (Å²) in [5.41, 5.74) is 0.584. The monoisotopic (exact) mass is 350 g/mol. The van der Waals surface area contributed by atoms with Crippen molar-refractivity contribution >= 4 is 22.3 Å². The minimum atomic E-state index is -0.148. The second kappa shape index (κ2) is 7.40. The first-order valence-corrected chi connectivity index (χ1v) is 9.20. The highest BCUT2D eigenvalue weighted by Gasteiger charge is 2.27. The van der Waals surface area contributed by atoms with Crippen molar-refractivity contribution in [3.05, 3.63) is 27.1 Å². The molecule has 0 aliphatic carbocycles. The summed E-state index contributed by atoms with van der Waals surface area (Å²) >= 11 is 1.45. The van der Waals surface area contributed by atoms with Crippen molar-refractivity contribution in [2.45, 2.75) is 39.7 Å². The normalized spacial score (nSPS) is 18.8. The number of carbonyl (C=O) groups is 1. The van der Waals surface area contributed by atoms with Gasteiger partial charge in [-0.05, 0) is 32.7 Å².